The first-order valence-electron chi connectivity index (χ1n) is 14.9. The van der Waals surface area contributed by atoms with Gasteiger partial charge in [-0.2, -0.15) is 0 Å². The monoisotopic (exact) mass is 575 g/mol. The van der Waals surface area contributed by atoms with E-state index in [1.54, 1.807) is 40.8 Å². The second-order valence-electron chi connectivity index (χ2n) is 14.4. The highest BCUT2D eigenvalue weighted by molar-refractivity contribution is 8.02. The quantitative estimate of drug-likeness (QED) is 0.340. The van der Waals surface area contributed by atoms with Crippen LogP contribution in [0.1, 0.15) is 81.1 Å². The van der Waals surface area contributed by atoms with Crippen LogP contribution < -0.4 is 0 Å². The smallest absolute Gasteiger partial charge is 0.247 e. The summed E-state index contributed by atoms with van der Waals surface area (Å²) in [5, 5.41) is 10.6. The molecular formula is C32H53N3O4S. The molecule has 1 N–H and O–H groups in total. The second kappa shape index (κ2) is 11.5. The van der Waals surface area contributed by atoms with Gasteiger partial charge in [-0.25, -0.2) is 0 Å². The van der Waals surface area contributed by atoms with E-state index in [1.807, 2.05) is 18.7 Å². The Labute approximate surface area is 246 Å². The van der Waals surface area contributed by atoms with Crippen LogP contribution in [0.4, 0.5) is 0 Å². The summed E-state index contributed by atoms with van der Waals surface area (Å²) in [4.78, 5) is 48.8. The van der Waals surface area contributed by atoms with Gasteiger partial charge in [0.15, 0.2) is 0 Å². The van der Waals surface area contributed by atoms with Gasteiger partial charge in [0, 0.05) is 30.4 Å². The molecule has 1 spiro atoms. The number of hydrogen-bond acceptors (Lipinski definition) is 5. The number of hydrogen-bond donors (Lipinski definition) is 1. The van der Waals surface area contributed by atoms with Crippen molar-refractivity contribution in [2.24, 2.45) is 23.2 Å². The molecule has 226 valence electrons. The molecule has 3 aliphatic heterocycles. The van der Waals surface area contributed by atoms with Crippen LogP contribution >= 0.6 is 11.8 Å². The second-order valence-corrected chi connectivity index (χ2v) is 16.3. The maximum absolute atomic E-state index is 15.0. The van der Waals surface area contributed by atoms with Crippen LogP contribution in [0.5, 0.6) is 0 Å². The number of aliphatic hydroxyl groups excluding tert-OH is 1. The minimum atomic E-state index is -0.760. The number of fused-ring (bicyclic) bond motifs is 1. The number of likely N-dealkylation sites (tertiary alicyclic amines) is 1. The van der Waals surface area contributed by atoms with Crippen LogP contribution in [0.15, 0.2) is 25.3 Å². The van der Waals surface area contributed by atoms with E-state index in [4.69, 9.17) is 0 Å². The van der Waals surface area contributed by atoms with Crippen molar-refractivity contribution < 1.29 is 19.5 Å². The lowest BCUT2D eigenvalue weighted by Gasteiger charge is -2.47. The average molecular weight is 576 g/mol. The molecule has 0 aromatic carbocycles. The van der Waals surface area contributed by atoms with E-state index in [0.29, 0.717) is 19.5 Å². The number of rotatable bonds is 12. The Balaban J connectivity index is 2.21. The summed E-state index contributed by atoms with van der Waals surface area (Å²) in [6, 6.07) is -1.26. The number of thioether (sulfide) groups is 1. The topological polar surface area (TPSA) is 81.2 Å². The molecule has 0 aliphatic carbocycles. The van der Waals surface area contributed by atoms with Gasteiger partial charge in [0.2, 0.25) is 17.7 Å². The number of amides is 3. The van der Waals surface area contributed by atoms with Crippen LogP contribution in [0, 0.1) is 23.2 Å². The lowest BCUT2D eigenvalue weighted by atomic mass is 9.66. The number of carbonyl (C=O) groups is 3. The highest BCUT2D eigenvalue weighted by Crippen LogP contribution is 2.72. The summed E-state index contributed by atoms with van der Waals surface area (Å²) in [6.07, 6.45) is 6.43. The molecule has 2 unspecified atom stereocenters. The maximum atomic E-state index is 15.0. The molecule has 7 nitrogen and oxygen atoms in total. The van der Waals surface area contributed by atoms with E-state index >= 15 is 0 Å². The number of nitrogens with zero attached hydrogens (tertiary/aromatic N) is 3. The van der Waals surface area contributed by atoms with Gasteiger partial charge in [-0.05, 0) is 51.4 Å². The Bertz CT molecular complexity index is 1020. The van der Waals surface area contributed by atoms with Gasteiger partial charge in [0.25, 0.3) is 0 Å². The predicted octanol–water partition coefficient (Wildman–Crippen LogP) is 4.75. The first-order valence-corrected chi connectivity index (χ1v) is 15.7. The molecule has 3 heterocycles. The van der Waals surface area contributed by atoms with Crippen molar-refractivity contribution in [2.75, 3.05) is 26.7 Å². The third-order valence-corrected chi connectivity index (χ3v) is 11.6. The van der Waals surface area contributed by atoms with Crippen molar-refractivity contribution in [3.05, 3.63) is 25.3 Å². The number of aliphatic hydroxyl groups is 1. The molecule has 3 rings (SSSR count). The van der Waals surface area contributed by atoms with E-state index in [1.165, 1.54) is 0 Å². The van der Waals surface area contributed by atoms with Crippen molar-refractivity contribution in [3.8, 4) is 0 Å². The lowest BCUT2D eigenvalue weighted by molar-refractivity contribution is -0.150. The van der Waals surface area contributed by atoms with E-state index in [-0.39, 0.29) is 35.7 Å². The fraction of sp³-hybridized carbons (Fsp3) is 0.781. The minimum absolute atomic E-state index is 0.00899. The molecule has 3 aliphatic rings. The van der Waals surface area contributed by atoms with Crippen molar-refractivity contribution in [1.82, 2.24) is 14.7 Å². The van der Waals surface area contributed by atoms with Gasteiger partial charge >= 0.3 is 0 Å². The average Bonchev–Trinajstić information content (AvgIpc) is 3.41. The highest BCUT2D eigenvalue weighted by atomic mass is 32.2. The SMILES string of the molecule is C=CCN(C)C(=O)[C@H]1[C@H]2C(=O)N([C@@H](CO)[C@@H](C)CC)C(C(=O)N(CC=C)C(C)(C)CC(C)(C)C)C23CC[C@]1(C)S3. The fourth-order valence-electron chi connectivity index (χ4n) is 8.02. The molecule has 3 fully saturated rings. The predicted molar refractivity (Wildman–Crippen MR) is 164 cm³/mol. The summed E-state index contributed by atoms with van der Waals surface area (Å²) < 4.78 is -1.16. The van der Waals surface area contributed by atoms with E-state index < -0.39 is 39.0 Å². The number of likely N-dealkylation sites (N-methyl/N-ethyl adjacent to an activating group) is 1. The van der Waals surface area contributed by atoms with Crippen molar-refractivity contribution in [3.63, 3.8) is 0 Å². The summed E-state index contributed by atoms with van der Waals surface area (Å²) in [6.45, 7) is 25.1. The molecule has 3 saturated heterocycles. The zero-order chi connectivity index (χ0) is 30.4. The van der Waals surface area contributed by atoms with Crippen LogP contribution in [0.3, 0.4) is 0 Å². The standard InChI is InChI=1S/C32H53N3O4S/c1-12-17-33(11)26(37)23-24-27(38)35(22(19-36)21(4)14-3)25(32(24)16-15-31(23,10)40-32)28(39)34(18-13-2)30(8,9)20-29(5,6)7/h12-13,21-25,36H,1-2,14-20H2,3-11H3/t21-,22-,23+,24-,25?,31-,32?/m0/s1. The van der Waals surface area contributed by atoms with Crippen LogP contribution in [0.2, 0.25) is 0 Å². The van der Waals surface area contributed by atoms with E-state index in [0.717, 1.165) is 19.3 Å². The first-order chi connectivity index (χ1) is 18.5. The van der Waals surface area contributed by atoms with E-state index in [9.17, 15) is 19.5 Å². The van der Waals surface area contributed by atoms with Crippen molar-refractivity contribution in [1.29, 1.82) is 0 Å². The zero-order valence-electron chi connectivity index (χ0n) is 26.3. The molecule has 0 saturated carbocycles. The van der Waals surface area contributed by atoms with Gasteiger partial charge in [-0.15, -0.1) is 24.9 Å². The van der Waals surface area contributed by atoms with Gasteiger partial charge in [-0.1, -0.05) is 53.2 Å². The molecule has 40 heavy (non-hydrogen) atoms. The molecule has 3 amide bonds. The Morgan fingerprint density at radius 3 is 2.25 bits per heavy atom. The minimum Gasteiger partial charge on any atom is -0.394 e. The summed E-state index contributed by atoms with van der Waals surface area (Å²) >= 11 is 1.68. The molecular weight excluding hydrogens is 522 g/mol. The number of carbonyl (C=O) groups excluding carboxylic acids is 3. The maximum Gasteiger partial charge on any atom is 0.247 e. The van der Waals surface area contributed by atoms with Crippen molar-refractivity contribution in [2.45, 2.75) is 108 Å². The molecule has 0 radical (unpaired) electrons. The van der Waals surface area contributed by atoms with Gasteiger partial charge in [-0.3, -0.25) is 14.4 Å². The third-order valence-electron chi connectivity index (χ3n) is 9.61. The van der Waals surface area contributed by atoms with Crippen molar-refractivity contribution >= 4 is 29.5 Å². The highest BCUT2D eigenvalue weighted by Gasteiger charge is 2.78. The van der Waals surface area contributed by atoms with E-state index in [2.05, 4.69) is 54.7 Å². The van der Waals surface area contributed by atoms with Crippen LogP contribution in [-0.2, 0) is 14.4 Å². The molecule has 7 atom stereocenters. The zero-order valence-corrected chi connectivity index (χ0v) is 27.1. The Hall–Kier alpha value is -1.80. The molecule has 0 aromatic heterocycles. The summed E-state index contributed by atoms with van der Waals surface area (Å²) in [5.74, 6) is -1.48. The molecule has 0 aromatic rings. The molecule has 8 heteroatoms. The summed E-state index contributed by atoms with van der Waals surface area (Å²) in [7, 11) is 1.76. The Kier molecular flexibility index (Phi) is 9.38. The Morgan fingerprint density at radius 1 is 1.15 bits per heavy atom. The lowest BCUT2D eigenvalue weighted by Crippen LogP contribution is -2.62. The van der Waals surface area contributed by atoms with Gasteiger partial charge in [0.05, 0.1) is 29.2 Å². The fourth-order valence-corrected chi connectivity index (χ4v) is 10.3. The first kappa shape index (κ1) is 32.7. The molecule has 2 bridgehead atoms. The van der Waals surface area contributed by atoms with Crippen LogP contribution in [-0.4, -0.2) is 91.4 Å². The van der Waals surface area contributed by atoms with Crippen LogP contribution in [0.25, 0.3) is 0 Å². The summed E-state index contributed by atoms with van der Waals surface area (Å²) in [5.41, 5.74) is -0.524. The van der Waals surface area contributed by atoms with Gasteiger partial charge < -0.3 is 19.8 Å². The largest absolute Gasteiger partial charge is 0.394 e. The normalized spacial score (nSPS) is 31.1. The van der Waals surface area contributed by atoms with Gasteiger partial charge in [0.1, 0.15) is 6.04 Å². The Morgan fingerprint density at radius 2 is 1.75 bits per heavy atom. The third kappa shape index (κ3) is 5.39.